The Morgan fingerprint density at radius 2 is 1.49 bits per heavy atom. The number of esters is 1. The number of benzene rings is 4. The molecule has 0 atom stereocenters. The minimum atomic E-state index is -4.69. The number of rotatable bonds is 14. The van der Waals surface area contributed by atoms with Gasteiger partial charge in [-0.3, -0.25) is 9.36 Å². The van der Waals surface area contributed by atoms with Gasteiger partial charge >= 0.3 is 13.6 Å². The van der Waals surface area contributed by atoms with E-state index in [0.717, 1.165) is 16.7 Å². The molecular weight excluding hydrogens is 651 g/mol. The van der Waals surface area contributed by atoms with Crippen LogP contribution in [0, 0.1) is 0 Å². The van der Waals surface area contributed by atoms with Crippen LogP contribution < -0.4 is 4.74 Å². The Kier molecular flexibility index (Phi) is 11.5. The smallest absolute Gasteiger partial charge is 0.399 e. The van der Waals surface area contributed by atoms with E-state index >= 15 is 0 Å². The van der Waals surface area contributed by atoms with E-state index < -0.39 is 23.8 Å². The molecule has 0 radical (unpaired) electrons. The average Bonchev–Trinajstić information content (AvgIpc) is 3.06. The molecule has 0 aromatic heterocycles. The fraction of sp³-hybridized carbons (Fsp3) is 0.194. The van der Waals surface area contributed by atoms with Crippen molar-refractivity contribution in [2.24, 2.45) is 0 Å². The molecule has 0 aliphatic rings. The van der Waals surface area contributed by atoms with Crippen molar-refractivity contribution in [3.05, 3.63) is 118 Å². The Hall–Kier alpha value is -3.64. The summed E-state index contributed by atoms with van der Waals surface area (Å²) in [5.41, 5.74) is 3.71. The summed E-state index contributed by atoms with van der Waals surface area (Å²) in [6, 6.07) is 25.2. The van der Waals surface area contributed by atoms with Gasteiger partial charge in [0.25, 0.3) is 0 Å². The van der Waals surface area contributed by atoms with E-state index in [2.05, 4.69) is 9.46 Å². The Morgan fingerprint density at radius 1 is 0.822 bits per heavy atom. The standard InChI is InChI=1S/C31H29ClF2NO8PS/c1-40-29-8-3-4-9-30(29)45(38,39)35(20-24-12-15-27(28(32)17-24)21-44(37,42-33)43-34)19-22-10-13-25(14-11-22)26-7-5-6-23(16-26)18-31(36)41-2/h3-17H,18-21H2,1-2H3. The van der Waals surface area contributed by atoms with Crippen molar-refractivity contribution in [2.45, 2.75) is 30.6 Å². The molecule has 0 saturated heterocycles. The number of sulfonamides is 1. The first kappa shape index (κ1) is 34.2. The van der Waals surface area contributed by atoms with Crippen LogP contribution in [0.15, 0.2) is 95.9 Å². The van der Waals surface area contributed by atoms with Crippen molar-refractivity contribution in [2.75, 3.05) is 14.2 Å². The minimum absolute atomic E-state index is 0.0183. The zero-order chi connectivity index (χ0) is 32.6. The summed E-state index contributed by atoms with van der Waals surface area (Å²) in [6.07, 6.45) is -0.643. The molecule has 0 spiro atoms. The first-order valence-corrected chi connectivity index (χ1v) is 16.9. The maximum absolute atomic E-state index is 14.0. The second-order valence-corrected chi connectivity index (χ2v) is 14.0. The van der Waals surface area contributed by atoms with E-state index in [4.69, 9.17) is 21.1 Å². The second-order valence-electron chi connectivity index (χ2n) is 9.91. The number of hydrogen-bond donors (Lipinski definition) is 0. The molecule has 0 bridgehead atoms. The van der Waals surface area contributed by atoms with Crippen LogP contribution in [0.4, 0.5) is 9.05 Å². The summed E-state index contributed by atoms with van der Waals surface area (Å²) in [5, 5.41) is -0.0183. The van der Waals surface area contributed by atoms with Gasteiger partial charge < -0.3 is 9.47 Å². The predicted octanol–water partition coefficient (Wildman–Crippen LogP) is 7.62. The first-order valence-electron chi connectivity index (χ1n) is 13.4. The highest BCUT2D eigenvalue weighted by Gasteiger charge is 2.31. The van der Waals surface area contributed by atoms with Crippen molar-refractivity contribution in [3.63, 3.8) is 0 Å². The predicted molar refractivity (Wildman–Crippen MR) is 164 cm³/mol. The summed E-state index contributed by atoms with van der Waals surface area (Å²) in [7, 11) is -6.13. The normalized spacial score (nSPS) is 11.9. The van der Waals surface area contributed by atoms with E-state index in [1.807, 2.05) is 36.4 Å². The lowest BCUT2D eigenvalue weighted by atomic mass is 10.0. The fourth-order valence-corrected chi connectivity index (χ4v) is 7.34. The maximum atomic E-state index is 14.0. The van der Waals surface area contributed by atoms with Crippen LogP contribution in [0.3, 0.4) is 0 Å². The van der Waals surface area contributed by atoms with Gasteiger partial charge in [-0.2, -0.15) is 4.31 Å². The lowest BCUT2D eigenvalue weighted by Gasteiger charge is -2.24. The van der Waals surface area contributed by atoms with Crippen LogP contribution in [0.1, 0.15) is 22.3 Å². The average molecular weight is 680 g/mol. The minimum Gasteiger partial charge on any atom is -0.495 e. The Bertz CT molecular complexity index is 1800. The number of carbonyl (C=O) groups excluding carboxylic acids is 1. The summed E-state index contributed by atoms with van der Waals surface area (Å²) in [4.78, 5) is 11.7. The summed E-state index contributed by atoms with van der Waals surface area (Å²) >= 11 is 6.30. The van der Waals surface area contributed by atoms with Gasteiger partial charge in [-0.15, -0.1) is 9.46 Å². The topological polar surface area (TPSA) is 108 Å². The van der Waals surface area contributed by atoms with Crippen LogP contribution >= 0.6 is 19.2 Å². The van der Waals surface area contributed by atoms with Crippen molar-refractivity contribution in [3.8, 4) is 16.9 Å². The number of carbonyl (C=O) groups is 1. The lowest BCUT2D eigenvalue weighted by Crippen LogP contribution is -2.30. The van der Waals surface area contributed by atoms with Gasteiger partial charge in [0.2, 0.25) is 10.0 Å². The molecular formula is C31H29ClF2NO8PS. The molecule has 0 saturated carbocycles. The van der Waals surface area contributed by atoms with Gasteiger partial charge in [-0.25, -0.2) is 8.42 Å². The molecule has 0 N–H and O–H groups in total. The molecule has 4 rings (SSSR count). The Labute approximate surface area is 264 Å². The number of ether oxygens (including phenoxy) is 2. The van der Waals surface area contributed by atoms with Crippen LogP contribution in [0.25, 0.3) is 11.1 Å². The third-order valence-electron chi connectivity index (χ3n) is 6.89. The summed E-state index contributed by atoms with van der Waals surface area (Å²) < 4.78 is 82.7. The molecule has 0 heterocycles. The third kappa shape index (κ3) is 8.55. The molecule has 45 heavy (non-hydrogen) atoms. The molecule has 14 heteroatoms. The molecule has 9 nitrogen and oxygen atoms in total. The largest absolute Gasteiger partial charge is 0.495 e. The highest BCUT2D eigenvalue weighted by molar-refractivity contribution is 7.89. The third-order valence-corrected chi connectivity index (χ3v) is 10.2. The van der Waals surface area contributed by atoms with Crippen LogP contribution in [0.5, 0.6) is 5.75 Å². The first-order chi connectivity index (χ1) is 21.5. The Balaban J connectivity index is 1.65. The molecule has 238 valence electrons. The second kappa shape index (κ2) is 15.1. The number of methoxy groups -OCH3 is 2. The van der Waals surface area contributed by atoms with Crippen LogP contribution in [-0.2, 0) is 59.2 Å². The lowest BCUT2D eigenvalue weighted by molar-refractivity contribution is -0.139. The van der Waals surface area contributed by atoms with Gasteiger partial charge in [0.05, 0.1) is 26.8 Å². The molecule has 0 fully saturated rings. The van der Waals surface area contributed by atoms with Crippen molar-refractivity contribution < 1.29 is 45.8 Å². The highest BCUT2D eigenvalue weighted by atomic mass is 35.5. The van der Waals surface area contributed by atoms with Crippen molar-refractivity contribution in [1.29, 1.82) is 0 Å². The molecule has 0 aliphatic carbocycles. The quantitative estimate of drug-likeness (QED) is 0.0990. The van der Waals surface area contributed by atoms with Gasteiger partial charge in [0, 0.05) is 18.1 Å². The van der Waals surface area contributed by atoms with E-state index in [1.54, 1.807) is 24.3 Å². The summed E-state index contributed by atoms with van der Waals surface area (Å²) in [5.74, 6) is -0.191. The van der Waals surface area contributed by atoms with E-state index in [0.29, 0.717) is 11.1 Å². The van der Waals surface area contributed by atoms with Crippen molar-refractivity contribution >= 4 is 35.2 Å². The summed E-state index contributed by atoms with van der Waals surface area (Å²) in [6.45, 7) is -0.183. The zero-order valence-corrected chi connectivity index (χ0v) is 26.7. The molecule has 4 aromatic rings. The van der Waals surface area contributed by atoms with Gasteiger partial charge in [0.1, 0.15) is 10.6 Å². The van der Waals surface area contributed by atoms with Crippen LogP contribution in [-0.4, -0.2) is 32.9 Å². The SMILES string of the molecule is COC(=O)Cc1cccc(-c2ccc(CN(Cc3ccc(CP(=O)(OF)OF)c(Cl)c3)S(=O)(=O)c3ccccc3OC)cc2)c1. The Morgan fingerprint density at radius 3 is 2.13 bits per heavy atom. The molecule has 0 aliphatic heterocycles. The van der Waals surface area contributed by atoms with Gasteiger partial charge in [-0.1, -0.05) is 84.4 Å². The monoisotopic (exact) mass is 679 g/mol. The number of halogens is 3. The fourth-order valence-electron chi connectivity index (χ4n) is 4.59. The number of para-hydroxylation sites is 1. The van der Waals surface area contributed by atoms with Gasteiger partial charge in [-0.05, 0) is 60.6 Å². The number of hydrogen-bond acceptors (Lipinski definition) is 8. The molecule has 0 amide bonds. The maximum Gasteiger partial charge on any atom is 0.399 e. The van der Waals surface area contributed by atoms with E-state index in [-0.39, 0.29) is 46.7 Å². The highest BCUT2D eigenvalue weighted by Crippen LogP contribution is 2.53. The molecule has 0 unspecified atom stereocenters. The van der Waals surface area contributed by atoms with Gasteiger partial charge in [0.15, 0.2) is 0 Å². The van der Waals surface area contributed by atoms with E-state index in [1.165, 1.54) is 48.9 Å². The zero-order valence-electron chi connectivity index (χ0n) is 24.2. The number of nitrogens with zero attached hydrogens (tertiary/aromatic N) is 1. The van der Waals surface area contributed by atoms with Crippen LogP contribution in [0.2, 0.25) is 5.02 Å². The molecule has 4 aromatic carbocycles. The van der Waals surface area contributed by atoms with E-state index in [9.17, 15) is 26.8 Å². The van der Waals surface area contributed by atoms with Crippen molar-refractivity contribution in [1.82, 2.24) is 4.31 Å².